The summed E-state index contributed by atoms with van der Waals surface area (Å²) in [5.41, 5.74) is 4.51. The number of benzene rings is 1. The van der Waals surface area contributed by atoms with Crippen molar-refractivity contribution in [1.82, 2.24) is 15.3 Å². The van der Waals surface area contributed by atoms with Crippen molar-refractivity contribution in [3.63, 3.8) is 0 Å². The molecule has 2 aromatic rings. The number of ether oxygens (including phenoxy) is 1. The zero-order valence-electron chi connectivity index (χ0n) is 11.9. The molecule has 0 fully saturated rings. The zero-order chi connectivity index (χ0) is 13.9. The molecule has 0 bridgehead atoms. The molecule has 1 aliphatic heterocycles. The summed E-state index contributed by atoms with van der Waals surface area (Å²) in [6.45, 7) is 5.64. The molecule has 2 heterocycles. The highest BCUT2D eigenvalue weighted by atomic mass is 16.5. The predicted molar refractivity (Wildman–Crippen MR) is 77.7 cm³/mol. The van der Waals surface area contributed by atoms with Crippen molar-refractivity contribution in [3.8, 4) is 5.75 Å². The number of nitrogens with one attached hydrogen (secondary N) is 1. The van der Waals surface area contributed by atoms with Gasteiger partial charge in [-0.2, -0.15) is 0 Å². The predicted octanol–water partition coefficient (Wildman–Crippen LogP) is 2.57. The SMILES string of the molecule is Cc1cnc(CNC(C)c2ccc3c(c2)CCO3)cn1. The second-order valence-electron chi connectivity index (χ2n) is 5.22. The van der Waals surface area contributed by atoms with Gasteiger partial charge in [0, 0.05) is 31.4 Å². The van der Waals surface area contributed by atoms with Crippen LogP contribution in [-0.2, 0) is 13.0 Å². The molecule has 1 N–H and O–H groups in total. The van der Waals surface area contributed by atoms with E-state index in [0.29, 0.717) is 0 Å². The molecule has 1 atom stereocenters. The number of aryl methyl sites for hydroxylation is 1. The topological polar surface area (TPSA) is 47.0 Å². The van der Waals surface area contributed by atoms with E-state index in [1.807, 2.05) is 13.1 Å². The molecule has 1 aliphatic rings. The third-order valence-corrected chi connectivity index (χ3v) is 3.64. The Morgan fingerprint density at radius 2 is 2.20 bits per heavy atom. The number of fused-ring (bicyclic) bond motifs is 1. The lowest BCUT2D eigenvalue weighted by Crippen LogP contribution is -2.19. The van der Waals surface area contributed by atoms with Gasteiger partial charge in [-0.1, -0.05) is 12.1 Å². The molecule has 104 valence electrons. The van der Waals surface area contributed by atoms with Gasteiger partial charge in [-0.15, -0.1) is 0 Å². The molecule has 0 saturated carbocycles. The monoisotopic (exact) mass is 269 g/mol. The Labute approximate surface area is 119 Å². The first-order chi connectivity index (χ1) is 9.72. The molecule has 1 aromatic carbocycles. The molecule has 0 radical (unpaired) electrons. The van der Waals surface area contributed by atoms with Gasteiger partial charge in [0.05, 0.1) is 18.0 Å². The molecule has 0 saturated heterocycles. The van der Waals surface area contributed by atoms with E-state index in [1.165, 1.54) is 11.1 Å². The normalized spacial score (nSPS) is 14.7. The average Bonchev–Trinajstić information content (AvgIpc) is 2.93. The van der Waals surface area contributed by atoms with E-state index in [4.69, 9.17) is 4.74 Å². The largest absolute Gasteiger partial charge is 0.493 e. The minimum Gasteiger partial charge on any atom is -0.493 e. The third kappa shape index (κ3) is 2.80. The first kappa shape index (κ1) is 13.1. The fraction of sp³-hybridized carbons (Fsp3) is 0.375. The van der Waals surface area contributed by atoms with Gasteiger partial charge >= 0.3 is 0 Å². The van der Waals surface area contributed by atoms with Crippen molar-refractivity contribution in [2.45, 2.75) is 32.9 Å². The van der Waals surface area contributed by atoms with Crippen LogP contribution in [0, 0.1) is 6.92 Å². The van der Waals surface area contributed by atoms with Crippen LogP contribution in [-0.4, -0.2) is 16.6 Å². The summed E-state index contributed by atoms with van der Waals surface area (Å²) in [6.07, 6.45) is 4.64. The Morgan fingerprint density at radius 3 is 3.00 bits per heavy atom. The Bertz CT molecular complexity index is 595. The molecule has 1 aromatic heterocycles. The lowest BCUT2D eigenvalue weighted by molar-refractivity contribution is 0.356. The Morgan fingerprint density at radius 1 is 1.30 bits per heavy atom. The number of nitrogens with zero attached hydrogens (tertiary/aromatic N) is 2. The third-order valence-electron chi connectivity index (χ3n) is 3.64. The Hall–Kier alpha value is -1.94. The lowest BCUT2D eigenvalue weighted by atomic mass is 10.0. The number of rotatable bonds is 4. The highest BCUT2D eigenvalue weighted by Gasteiger charge is 2.14. The van der Waals surface area contributed by atoms with Crippen LogP contribution < -0.4 is 10.1 Å². The second kappa shape index (κ2) is 5.59. The summed E-state index contributed by atoms with van der Waals surface area (Å²) in [4.78, 5) is 8.61. The van der Waals surface area contributed by atoms with E-state index in [2.05, 4.69) is 40.4 Å². The van der Waals surface area contributed by atoms with E-state index in [1.54, 1.807) is 6.20 Å². The van der Waals surface area contributed by atoms with Crippen LogP contribution in [0.2, 0.25) is 0 Å². The van der Waals surface area contributed by atoms with Crippen molar-refractivity contribution in [2.75, 3.05) is 6.61 Å². The molecular weight excluding hydrogens is 250 g/mol. The highest BCUT2D eigenvalue weighted by Crippen LogP contribution is 2.28. The maximum Gasteiger partial charge on any atom is 0.122 e. The standard InChI is InChI=1S/C16H19N3O/c1-11-8-19-15(9-17-11)10-18-12(2)13-3-4-16-14(7-13)5-6-20-16/h3-4,7-9,12,18H,5-6,10H2,1-2H3. The van der Waals surface area contributed by atoms with Crippen LogP contribution in [0.25, 0.3) is 0 Å². The smallest absolute Gasteiger partial charge is 0.122 e. The van der Waals surface area contributed by atoms with Gasteiger partial charge in [-0.25, -0.2) is 0 Å². The average molecular weight is 269 g/mol. The van der Waals surface area contributed by atoms with Gasteiger partial charge < -0.3 is 10.1 Å². The highest BCUT2D eigenvalue weighted by molar-refractivity contribution is 5.40. The minimum atomic E-state index is 0.281. The van der Waals surface area contributed by atoms with Crippen LogP contribution in [0.3, 0.4) is 0 Å². The van der Waals surface area contributed by atoms with Crippen LogP contribution in [0.1, 0.15) is 35.5 Å². The zero-order valence-corrected chi connectivity index (χ0v) is 11.9. The molecule has 3 rings (SSSR count). The number of hydrogen-bond donors (Lipinski definition) is 1. The van der Waals surface area contributed by atoms with Crippen LogP contribution in [0.5, 0.6) is 5.75 Å². The number of aromatic nitrogens is 2. The van der Waals surface area contributed by atoms with Gasteiger partial charge in [0.25, 0.3) is 0 Å². The van der Waals surface area contributed by atoms with Crippen LogP contribution in [0.15, 0.2) is 30.6 Å². The maximum absolute atomic E-state index is 5.53. The Kier molecular flexibility index (Phi) is 3.65. The number of hydrogen-bond acceptors (Lipinski definition) is 4. The molecule has 0 spiro atoms. The van der Waals surface area contributed by atoms with E-state index < -0.39 is 0 Å². The fourth-order valence-electron chi connectivity index (χ4n) is 2.36. The molecular formula is C16H19N3O. The van der Waals surface area contributed by atoms with Gasteiger partial charge in [-0.05, 0) is 31.0 Å². The molecule has 4 heteroatoms. The summed E-state index contributed by atoms with van der Waals surface area (Å²) < 4.78 is 5.53. The Balaban J connectivity index is 1.64. The molecule has 4 nitrogen and oxygen atoms in total. The van der Waals surface area contributed by atoms with E-state index in [9.17, 15) is 0 Å². The van der Waals surface area contributed by atoms with Crippen molar-refractivity contribution in [3.05, 3.63) is 53.1 Å². The summed E-state index contributed by atoms with van der Waals surface area (Å²) in [5.74, 6) is 1.03. The minimum absolute atomic E-state index is 0.281. The van der Waals surface area contributed by atoms with Crippen LogP contribution in [0.4, 0.5) is 0 Å². The van der Waals surface area contributed by atoms with E-state index in [-0.39, 0.29) is 6.04 Å². The van der Waals surface area contributed by atoms with Crippen molar-refractivity contribution in [1.29, 1.82) is 0 Å². The maximum atomic E-state index is 5.53. The summed E-state index contributed by atoms with van der Waals surface area (Å²) in [7, 11) is 0. The first-order valence-corrected chi connectivity index (χ1v) is 6.99. The second-order valence-corrected chi connectivity index (χ2v) is 5.22. The van der Waals surface area contributed by atoms with Gasteiger partial charge in [0.2, 0.25) is 0 Å². The van der Waals surface area contributed by atoms with Gasteiger partial charge in [0.1, 0.15) is 5.75 Å². The summed E-state index contributed by atoms with van der Waals surface area (Å²) in [5, 5.41) is 3.48. The fourth-order valence-corrected chi connectivity index (χ4v) is 2.36. The summed E-state index contributed by atoms with van der Waals surface area (Å²) >= 11 is 0. The molecule has 0 amide bonds. The van der Waals surface area contributed by atoms with E-state index >= 15 is 0 Å². The van der Waals surface area contributed by atoms with E-state index in [0.717, 1.165) is 36.7 Å². The molecule has 0 aliphatic carbocycles. The van der Waals surface area contributed by atoms with Gasteiger partial charge in [-0.3, -0.25) is 9.97 Å². The lowest BCUT2D eigenvalue weighted by Gasteiger charge is -2.15. The molecule has 1 unspecified atom stereocenters. The quantitative estimate of drug-likeness (QED) is 0.926. The van der Waals surface area contributed by atoms with Crippen molar-refractivity contribution < 1.29 is 4.74 Å². The van der Waals surface area contributed by atoms with Crippen LogP contribution >= 0.6 is 0 Å². The summed E-state index contributed by atoms with van der Waals surface area (Å²) in [6, 6.07) is 6.72. The first-order valence-electron chi connectivity index (χ1n) is 6.99. The molecule has 20 heavy (non-hydrogen) atoms. The van der Waals surface area contributed by atoms with Crippen molar-refractivity contribution in [2.24, 2.45) is 0 Å². The van der Waals surface area contributed by atoms with Crippen molar-refractivity contribution >= 4 is 0 Å². The van der Waals surface area contributed by atoms with Gasteiger partial charge in [0.15, 0.2) is 0 Å².